The predicted molar refractivity (Wildman–Crippen MR) is 41.5 cm³/mol. The molecular formula is C8H10F3NO2. The minimum absolute atomic E-state index is 0.331. The maximum atomic E-state index is 12.2. The highest BCUT2D eigenvalue weighted by atomic mass is 19.4. The third-order valence-corrected chi connectivity index (χ3v) is 1.59. The van der Waals surface area contributed by atoms with Gasteiger partial charge < -0.3 is 9.52 Å². The Morgan fingerprint density at radius 3 is 2.00 bits per heavy atom. The molecule has 0 fully saturated rings. The van der Waals surface area contributed by atoms with Crippen molar-refractivity contribution < 1.29 is 22.7 Å². The molecule has 1 aromatic heterocycles. The third kappa shape index (κ3) is 2.06. The Balaban J connectivity index is 3.19. The fourth-order valence-electron chi connectivity index (χ4n) is 0.921. The number of oxazole rings is 1. The number of nitrogens with zero attached hydrogens (tertiary/aromatic N) is 1. The summed E-state index contributed by atoms with van der Waals surface area (Å²) in [4.78, 5) is 3.21. The molecule has 1 N–H and O–H groups in total. The van der Waals surface area contributed by atoms with Crippen LogP contribution in [-0.2, 0) is 11.8 Å². The van der Waals surface area contributed by atoms with E-state index in [9.17, 15) is 18.3 Å². The number of hydrogen-bond donors (Lipinski definition) is 1. The Bertz CT molecular complexity index is 335. The summed E-state index contributed by atoms with van der Waals surface area (Å²) in [5, 5.41) is 9.37. The van der Waals surface area contributed by atoms with Crippen molar-refractivity contribution in [1.82, 2.24) is 4.98 Å². The van der Waals surface area contributed by atoms with Gasteiger partial charge in [-0.15, -0.1) is 0 Å². The van der Waals surface area contributed by atoms with Crippen LogP contribution in [0.2, 0.25) is 0 Å². The molecular weight excluding hydrogens is 199 g/mol. The fourth-order valence-corrected chi connectivity index (χ4v) is 0.921. The summed E-state index contributed by atoms with van der Waals surface area (Å²) in [6.07, 6.45) is -4.54. The summed E-state index contributed by atoms with van der Waals surface area (Å²) in [7, 11) is 0. The van der Waals surface area contributed by atoms with Crippen LogP contribution in [0.3, 0.4) is 0 Å². The normalized spacial score (nSPS) is 13.4. The van der Waals surface area contributed by atoms with E-state index >= 15 is 0 Å². The van der Waals surface area contributed by atoms with E-state index in [0.717, 1.165) is 6.92 Å². The number of halogens is 3. The van der Waals surface area contributed by atoms with E-state index in [1.54, 1.807) is 0 Å². The molecule has 0 unspecified atom stereocenters. The molecule has 0 aliphatic heterocycles. The molecule has 0 bridgehead atoms. The van der Waals surface area contributed by atoms with Gasteiger partial charge in [-0.25, -0.2) is 4.98 Å². The lowest BCUT2D eigenvalue weighted by molar-refractivity contribution is -0.141. The molecule has 1 aromatic rings. The van der Waals surface area contributed by atoms with Gasteiger partial charge in [0.25, 0.3) is 0 Å². The van der Waals surface area contributed by atoms with Crippen LogP contribution >= 0.6 is 0 Å². The van der Waals surface area contributed by atoms with Gasteiger partial charge in [0.15, 0.2) is 5.69 Å². The second-order valence-corrected chi connectivity index (χ2v) is 3.48. The van der Waals surface area contributed by atoms with Crippen LogP contribution in [0.1, 0.15) is 31.2 Å². The summed E-state index contributed by atoms with van der Waals surface area (Å²) >= 11 is 0. The largest absolute Gasteiger partial charge is 0.442 e. The topological polar surface area (TPSA) is 46.3 Å². The van der Waals surface area contributed by atoms with Crippen LogP contribution in [0.5, 0.6) is 0 Å². The van der Waals surface area contributed by atoms with Crippen LogP contribution in [0, 0.1) is 6.92 Å². The van der Waals surface area contributed by atoms with Gasteiger partial charge in [-0.05, 0) is 20.8 Å². The van der Waals surface area contributed by atoms with Gasteiger partial charge in [-0.3, -0.25) is 0 Å². The molecule has 1 rings (SSSR count). The Morgan fingerprint density at radius 1 is 1.29 bits per heavy atom. The number of aliphatic hydroxyl groups is 1. The molecule has 6 heteroatoms. The van der Waals surface area contributed by atoms with Crippen molar-refractivity contribution in [1.29, 1.82) is 0 Å². The Labute approximate surface area is 78.6 Å². The summed E-state index contributed by atoms with van der Waals surface area (Å²) < 4.78 is 41.5. The second-order valence-electron chi connectivity index (χ2n) is 3.48. The molecule has 0 aromatic carbocycles. The number of hydrogen-bond acceptors (Lipinski definition) is 3. The number of aryl methyl sites for hydroxylation is 1. The van der Waals surface area contributed by atoms with E-state index in [0.29, 0.717) is 0 Å². The number of alkyl halides is 3. The van der Waals surface area contributed by atoms with Gasteiger partial charge >= 0.3 is 6.18 Å². The standard InChI is InChI=1S/C8H10F3NO2/c1-4-5(8(9,10)11)12-6(14-4)7(2,3)13/h13H,1-3H3. The van der Waals surface area contributed by atoms with Crippen molar-refractivity contribution in [2.24, 2.45) is 0 Å². The Kier molecular flexibility index (Phi) is 2.35. The van der Waals surface area contributed by atoms with Gasteiger partial charge in [0.2, 0.25) is 5.89 Å². The van der Waals surface area contributed by atoms with Crippen molar-refractivity contribution in [3.05, 3.63) is 17.3 Å². The molecule has 3 nitrogen and oxygen atoms in total. The van der Waals surface area contributed by atoms with Gasteiger partial charge in [0.05, 0.1) is 0 Å². The SMILES string of the molecule is Cc1oc(C(C)(C)O)nc1C(F)(F)F. The van der Waals surface area contributed by atoms with Crippen molar-refractivity contribution in [3.8, 4) is 0 Å². The Hall–Kier alpha value is -1.04. The lowest BCUT2D eigenvalue weighted by Crippen LogP contribution is -2.16. The van der Waals surface area contributed by atoms with E-state index < -0.39 is 17.5 Å². The molecule has 0 saturated carbocycles. The molecule has 0 aliphatic carbocycles. The van der Waals surface area contributed by atoms with E-state index in [2.05, 4.69) is 4.98 Å². The summed E-state index contributed by atoms with van der Waals surface area (Å²) in [5.41, 5.74) is -2.59. The van der Waals surface area contributed by atoms with Gasteiger partial charge in [-0.2, -0.15) is 13.2 Å². The maximum absolute atomic E-state index is 12.2. The van der Waals surface area contributed by atoms with Gasteiger partial charge in [-0.1, -0.05) is 0 Å². The van der Waals surface area contributed by atoms with Gasteiger partial charge in [0, 0.05) is 0 Å². The van der Waals surface area contributed by atoms with E-state index in [1.807, 2.05) is 0 Å². The number of rotatable bonds is 1. The molecule has 0 amide bonds. The first-order chi connectivity index (χ1) is 6.12. The molecule has 1 heterocycles. The lowest BCUT2D eigenvalue weighted by atomic mass is 10.1. The van der Waals surface area contributed by atoms with Crippen LogP contribution in [0.4, 0.5) is 13.2 Å². The Morgan fingerprint density at radius 2 is 1.79 bits per heavy atom. The van der Waals surface area contributed by atoms with Crippen LogP contribution < -0.4 is 0 Å². The molecule has 0 saturated heterocycles. The molecule has 0 spiro atoms. The molecule has 0 aliphatic rings. The fraction of sp³-hybridized carbons (Fsp3) is 0.625. The zero-order chi connectivity index (χ0) is 11.1. The predicted octanol–water partition coefficient (Wildman–Crippen LogP) is 2.23. The monoisotopic (exact) mass is 209 g/mol. The van der Waals surface area contributed by atoms with Crippen molar-refractivity contribution in [3.63, 3.8) is 0 Å². The summed E-state index contributed by atoms with van der Waals surface area (Å²) in [6.45, 7) is 3.77. The van der Waals surface area contributed by atoms with Crippen LogP contribution in [-0.4, -0.2) is 10.1 Å². The highest BCUT2D eigenvalue weighted by molar-refractivity contribution is 5.13. The first kappa shape index (κ1) is 11.0. The smallest absolute Gasteiger partial charge is 0.436 e. The van der Waals surface area contributed by atoms with Crippen LogP contribution in [0.25, 0.3) is 0 Å². The van der Waals surface area contributed by atoms with Gasteiger partial charge in [0.1, 0.15) is 11.4 Å². The highest BCUT2D eigenvalue weighted by Gasteiger charge is 2.39. The highest BCUT2D eigenvalue weighted by Crippen LogP contribution is 2.33. The van der Waals surface area contributed by atoms with E-state index in [1.165, 1.54) is 13.8 Å². The zero-order valence-electron chi connectivity index (χ0n) is 7.94. The minimum atomic E-state index is -4.54. The summed E-state index contributed by atoms with van der Waals surface area (Å²) in [5.74, 6) is -0.669. The first-order valence-corrected chi connectivity index (χ1v) is 3.90. The molecule has 0 atom stereocenters. The van der Waals surface area contributed by atoms with Crippen LogP contribution in [0.15, 0.2) is 4.42 Å². The zero-order valence-corrected chi connectivity index (χ0v) is 7.94. The van der Waals surface area contributed by atoms with E-state index in [-0.39, 0.29) is 11.7 Å². The van der Waals surface area contributed by atoms with Crippen molar-refractivity contribution in [2.45, 2.75) is 32.5 Å². The average Bonchev–Trinajstić information content (AvgIpc) is 2.27. The molecule has 14 heavy (non-hydrogen) atoms. The van der Waals surface area contributed by atoms with Crippen molar-refractivity contribution >= 4 is 0 Å². The third-order valence-electron chi connectivity index (χ3n) is 1.59. The van der Waals surface area contributed by atoms with E-state index in [4.69, 9.17) is 4.42 Å². The average molecular weight is 209 g/mol. The minimum Gasteiger partial charge on any atom is -0.442 e. The summed E-state index contributed by atoms with van der Waals surface area (Å²) in [6, 6.07) is 0. The molecule has 0 radical (unpaired) electrons. The second kappa shape index (κ2) is 2.98. The van der Waals surface area contributed by atoms with Crippen molar-refractivity contribution in [2.75, 3.05) is 0 Å². The number of aromatic nitrogens is 1. The first-order valence-electron chi connectivity index (χ1n) is 3.90. The lowest BCUT2D eigenvalue weighted by Gasteiger charge is -2.10. The quantitative estimate of drug-likeness (QED) is 0.771. The maximum Gasteiger partial charge on any atom is 0.436 e. The molecule has 80 valence electrons.